The van der Waals surface area contributed by atoms with Crippen molar-refractivity contribution in [2.75, 3.05) is 24.1 Å². The quantitative estimate of drug-likeness (QED) is 0.890. The standard InChI is InChI=1S/C13H20N4OS/c1-8-4-6-17(7-5-8)12(18)10-11(14)16-13(19-10)15-9-2-3-9/h8-9H,2-7,14H2,1H3,(H,15,16). The van der Waals surface area contributed by atoms with E-state index in [4.69, 9.17) is 5.73 Å². The summed E-state index contributed by atoms with van der Waals surface area (Å²) >= 11 is 1.39. The van der Waals surface area contributed by atoms with Crippen LogP contribution < -0.4 is 11.1 Å². The van der Waals surface area contributed by atoms with E-state index in [2.05, 4.69) is 17.2 Å². The molecule has 2 aliphatic rings. The molecular weight excluding hydrogens is 260 g/mol. The van der Waals surface area contributed by atoms with E-state index in [0.717, 1.165) is 37.0 Å². The summed E-state index contributed by atoms with van der Waals surface area (Å²) in [5.41, 5.74) is 5.88. The van der Waals surface area contributed by atoms with Crippen LogP contribution in [0.1, 0.15) is 42.3 Å². The maximum atomic E-state index is 12.4. The zero-order valence-electron chi connectivity index (χ0n) is 11.2. The lowest BCUT2D eigenvalue weighted by Crippen LogP contribution is -2.37. The Labute approximate surface area is 117 Å². The number of hydrogen-bond acceptors (Lipinski definition) is 5. The fourth-order valence-electron chi connectivity index (χ4n) is 2.30. The number of nitrogens with one attached hydrogen (secondary N) is 1. The Bertz CT molecular complexity index is 475. The highest BCUT2D eigenvalue weighted by atomic mass is 32.1. The molecule has 1 aliphatic heterocycles. The summed E-state index contributed by atoms with van der Waals surface area (Å²) in [5.74, 6) is 1.14. The largest absolute Gasteiger partial charge is 0.382 e. The number of carbonyl (C=O) groups is 1. The molecule has 0 spiro atoms. The summed E-state index contributed by atoms with van der Waals surface area (Å²) in [6, 6.07) is 0.532. The summed E-state index contributed by atoms with van der Waals surface area (Å²) in [6.07, 6.45) is 4.54. The van der Waals surface area contributed by atoms with Crippen LogP contribution in [0, 0.1) is 5.92 Å². The molecule has 1 aromatic heterocycles. The number of nitrogens with zero attached hydrogens (tertiary/aromatic N) is 2. The molecule has 0 radical (unpaired) electrons. The Morgan fingerprint density at radius 1 is 1.37 bits per heavy atom. The zero-order chi connectivity index (χ0) is 13.4. The van der Waals surface area contributed by atoms with Crippen molar-refractivity contribution in [3.05, 3.63) is 4.88 Å². The second kappa shape index (κ2) is 5.00. The van der Waals surface area contributed by atoms with Gasteiger partial charge in [-0.2, -0.15) is 0 Å². The van der Waals surface area contributed by atoms with Gasteiger partial charge in [-0.1, -0.05) is 18.3 Å². The second-order valence-corrected chi connectivity index (χ2v) is 6.63. The molecule has 3 N–H and O–H groups in total. The van der Waals surface area contributed by atoms with Gasteiger partial charge in [0.2, 0.25) is 0 Å². The van der Waals surface area contributed by atoms with Crippen molar-refractivity contribution in [3.8, 4) is 0 Å². The number of rotatable bonds is 3. The normalized spacial score (nSPS) is 20.6. The Kier molecular flexibility index (Phi) is 3.35. The average molecular weight is 280 g/mol. The van der Waals surface area contributed by atoms with Crippen molar-refractivity contribution in [2.45, 2.75) is 38.6 Å². The van der Waals surface area contributed by atoms with E-state index in [1.54, 1.807) is 0 Å². The van der Waals surface area contributed by atoms with Crippen molar-refractivity contribution in [3.63, 3.8) is 0 Å². The molecule has 6 heteroatoms. The molecule has 0 unspecified atom stereocenters. The van der Waals surface area contributed by atoms with E-state index in [9.17, 15) is 4.79 Å². The van der Waals surface area contributed by atoms with Gasteiger partial charge in [-0.25, -0.2) is 4.98 Å². The number of piperidine rings is 1. The smallest absolute Gasteiger partial charge is 0.267 e. The van der Waals surface area contributed by atoms with Crippen LogP contribution in [-0.2, 0) is 0 Å². The van der Waals surface area contributed by atoms with Crippen LogP contribution in [0.5, 0.6) is 0 Å². The lowest BCUT2D eigenvalue weighted by molar-refractivity contribution is 0.0703. The van der Waals surface area contributed by atoms with Crippen molar-refractivity contribution in [1.29, 1.82) is 0 Å². The predicted molar refractivity (Wildman–Crippen MR) is 77.5 cm³/mol. The van der Waals surface area contributed by atoms with Gasteiger partial charge in [0.25, 0.3) is 5.91 Å². The molecule has 0 atom stereocenters. The van der Waals surface area contributed by atoms with Crippen molar-refractivity contribution >= 4 is 28.2 Å². The predicted octanol–water partition coefficient (Wildman–Crippen LogP) is 2.17. The highest BCUT2D eigenvalue weighted by Crippen LogP contribution is 2.31. The number of nitrogens with two attached hydrogens (primary N) is 1. The molecule has 1 aromatic rings. The SMILES string of the molecule is CC1CCN(C(=O)c2sc(NC3CC3)nc2N)CC1. The van der Waals surface area contributed by atoms with Crippen LogP contribution in [0.2, 0.25) is 0 Å². The number of anilines is 2. The molecule has 5 nitrogen and oxygen atoms in total. The summed E-state index contributed by atoms with van der Waals surface area (Å²) in [7, 11) is 0. The number of likely N-dealkylation sites (tertiary alicyclic amines) is 1. The first kappa shape index (κ1) is 12.7. The maximum absolute atomic E-state index is 12.4. The average Bonchev–Trinajstić information content (AvgIpc) is 3.12. The number of amides is 1. The zero-order valence-corrected chi connectivity index (χ0v) is 12.0. The summed E-state index contributed by atoms with van der Waals surface area (Å²) in [4.78, 5) is 19.2. The first-order chi connectivity index (χ1) is 9.13. The number of carbonyl (C=O) groups excluding carboxylic acids is 1. The molecule has 1 saturated carbocycles. The molecule has 3 rings (SSSR count). The molecule has 104 valence electrons. The molecule has 1 saturated heterocycles. The summed E-state index contributed by atoms with van der Waals surface area (Å²) in [5, 5.41) is 4.08. The van der Waals surface area contributed by atoms with Gasteiger partial charge >= 0.3 is 0 Å². The van der Waals surface area contributed by atoms with Crippen LogP contribution in [0.25, 0.3) is 0 Å². The van der Waals surface area contributed by atoms with Gasteiger partial charge in [0.15, 0.2) is 5.13 Å². The minimum absolute atomic E-state index is 0.0470. The molecule has 2 fully saturated rings. The van der Waals surface area contributed by atoms with E-state index < -0.39 is 0 Å². The number of hydrogen-bond donors (Lipinski definition) is 2. The summed E-state index contributed by atoms with van der Waals surface area (Å²) < 4.78 is 0. The third-order valence-electron chi connectivity index (χ3n) is 3.82. The molecule has 1 aliphatic carbocycles. The first-order valence-corrected chi connectivity index (χ1v) is 7.77. The maximum Gasteiger partial charge on any atom is 0.267 e. The molecule has 2 heterocycles. The van der Waals surface area contributed by atoms with Crippen LogP contribution in [0.15, 0.2) is 0 Å². The van der Waals surface area contributed by atoms with Gasteiger partial charge in [0, 0.05) is 19.1 Å². The highest BCUT2D eigenvalue weighted by molar-refractivity contribution is 7.18. The topological polar surface area (TPSA) is 71.2 Å². The van der Waals surface area contributed by atoms with Gasteiger partial charge in [-0.15, -0.1) is 0 Å². The lowest BCUT2D eigenvalue weighted by atomic mass is 9.99. The van der Waals surface area contributed by atoms with E-state index in [1.165, 1.54) is 24.2 Å². The highest BCUT2D eigenvalue weighted by Gasteiger charge is 2.27. The Hall–Kier alpha value is -1.30. The van der Waals surface area contributed by atoms with Crippen molar-refractivity contribution in [2.24, 2.45) is 5.92 Å². The first-order valence-electron chi connectivity index (χ1n) is 6.95. The Balaban J connectivity index is 1.69. The van der Waals surface area contributed by atoms with Crippen LogP contribution in [-0.4, -0.2) is 34.9 Å². The third kappa shape index (κ3) is 2.83. The molecule has 1 amide bonds. The molecular formula is C13H20N4OS. The second-order valence-electron chi connectivity index (χ2n) is 5.63. The van der Waals surface area contributed by atoms with Crippen LogP contribution in [0.4, 0.5) is 10.9 Å². The van der Waals surface area contributed by atoms with Gasteiger partial charge in [-0.05, 0) is 31.6 Å². The monoisotopic (exact) mass is 280 g/mol. The van der Waals surface area contributed by atoms with Gasteiger partial charge in [0.1, 0.15) is 10.7 Å². The number of nitrogen functional groups attached to an aromatic ring is 1. The van der Waals surface area contributed by atoms with Gasteiger partial charge in [-0.3, -0.25) is 4.79 Å². The lowest BCUT2D eigenvalue weighted by Gasteiger charge is -2.29. The van der Waals surface area contributed by atoms with Crippen LogP contribution >= 0.6 is 11.3 Å². The van der Waals surface area contributed by atoms with E-state index in [0.29, 0.717) is 16.7 Å². The number of aromatic nitrogens is 1. The number of thiazole rings is 1. The minimum Gasteiger partial charge on any atom is -0.382 e. The Morgan fingerprint density at radius 3 is 2.68 bits per heavy atom. The van der Waals surface area contributed by atoms with Gasteiger partial charge < -0.3 is 16.0 Å². The fraction of sp³-hybridized carbons (Fsp3) is 0.692. The fourth-order valence-corrected chi connectivity index (χ4v) is 3.23. The van der Waals surface area contributed by atoms with E-state index in [-0.39, 0.29) is 5.91 Å². The van der Waals surface area contributed by atoms with E-state index in [1.807, 2.05) is 4.90 Å². The molecule has 19 heavy (non-hydrogen) atoms. The molecule has 0 bridgehead atoms. The van der Waals surface area contributed by atoms with Crippen molar-refractivity contribution < 1.29 is 4.79 Å². The van der Waals surface area contributed by atoms with Crippen molar-refractivity contribution in [1.82, 2.24) is 9.88 Å². The molecule has 0 aromatic carbocycles. The van der Waals surface area contributed by atoms with E-state index >= 15 is 0 Å². The van der Waals surface area contributed by atoms with Gasteiger partial charge in [0.05, 0.1) is 0 Å². The van der Waals surface area contributed by atoms with Crippen LogP contribution in [0.3, 0.4) is 0 Å². The Morgan fingerprint density at radius 2 is 2.05 bits per heavy atom. The summed E-state index contributed by atoms with van der Waals surface area (Å²) in [6.45, 7) is 3.91. The minimum atomic E-state index is 0.0470. The third-order valence-corrected chi connectivity index (χ3v) is 4.81.